The summed E-state index contributed by atoms with van der Waals surface area (Å²) >= 11 is 1.88. The summed E-state index contributed by atoms with van der Waals surface area (Å²) in [6, 6.07) is 0.210. The van der Waals surface area contributed by atoms with Gasteiger partial charge in [0.25, 0.3) is 0 Å². The quantitative estimate of drug-likeness (QED) is 0.678. The van der Waals surface area contributed by atoms with Crippen LogP contribution in [0.4, 0.5) is 0 Å². The lowest BCUT2D eigenvalue weighted by atomic mass is 10.1. The van der Waals surface area contributed by atoms with Gasteiger partial charge in [0.05, 0.1) is 0 Å². The summed E-state index contributed by atoms with van der Waals surface area (Å²) in [5.41, 5.74) is 0. The highest BCUT2D eigenvalue weighted by atomic mass is 32.2. The zero-order chi connectivity index (χ0) is 10.4. The Morgan fingerprint density at radius 2 is 1.93 bits per heavy atom. The molecule has 2 N–H and O–H groups in total. The monoisotopic (exact) mass is 215 g/mol. The molecule has 1 amide bonds. The molecule has 5 heteroatoms. The normalized spacial score (nSPS) is 18.3. The van der Waals surface area contributed by atoms with Crippen molar-refractivity contribution in [1.82, 2.24) is 5.32 Å². The molecule has 0 radical (unpaired) electrons. The van der Waals surface area contributed by atoms with E-state index in [1.54, 1.807) is 0 Å². The molecule has 0 aromatic carbocycles. The van der Waals surface area contributed by atoms with Gasteiger partial charge >= 0.3 is 5.97 Å². The van der Waals surface area contributed by atoms with E-state index in [1.807, 2.05) is 11.8 Å². The third-order valence-electron chi connectivity index (χ3n) is 1.94. The molecule has 1 fully saturated rings. The molecular weight excluding hydrogens is 202 g/mol. The maximum absolute atomic E-state index is 11.1. The van der Waals surface area contributed by atoms with Crippen LogP contribution in [0.5, 0.6) is 0 Å². The van der Waals surface area contributed by atoms with E-state index in [0.717, 1.165) is 36.5 Å². The van der Waals surface area contributed by atoms with Crippen molar-refractivity contribution >= 4 is 23.6 Å². The van der Waals surface area contributed by atoms with Gasteiger partial charge in [-0.2, -0.15) is 11.8 Å². The molecule has 1 aliphatic heterocycles. The second kappa shape index (κ2) is 5.70. The zero-order valence-electron chi connectivity index (χ0n) is 7.73. The minimum absolute atomic E-state index is 0.210. The number of hydrogen-bond acceptors (Lipinski definition) is 3. The van der Waals surface area contributed by atoms with Gasteiger partial charge in [0, 0.05) is 18.2 Å². The summed E-state index contributed by atoms with van der Waals surface area (Å²) in [5.74, 6) is 0.713. The molecule has 1 saturated heterocycles. The molecule has 78 valence electrons. The van der Waals surface area contributed by atoms with Crippen LogP contribution in [0.3, 0.4) is 0 Å². The highest BCUT2D eigenvalue weighted by Gasteiger charge is 2.14. The van der Waals surface area contributed by atoms with E-state index < -0.39 is 5.97 Å². The lowest BCUT2D eigenvalue weighted by Crippen LogP contribution is -2.36. The van der Waals surface area contributed by atoms with Gasteiger partial charge in [-0.3, -0.25) is 4.79 Å². The first kappa shape index (κ1) is 11.1. The highest BCUT2D eigenvalue weighted by Crippen LogP contribution is 2.16. The van der Waals surface area contributed by atoms with Crippen LogP contribution in [0.25, 0.3) is 0 Å². The number of rotatable bonds is 3. The van der Waals surface area contributed by atoms with Crippen molar-refractivity contribution in [3.63, 3.8) is 0 Å². The molecule has 0 unspecified atom stereocenters. The molecule has 0 spiro atoms. The molecule has 14 heavy (non-hydrogen) atoms. The van der Waals surface area contributed by atoms with E-state index in [1.165, 1.54) is 0 Å². The van der Waals surface area contributed by atoms with Crippen LogP contribution in [0.15, 0.2) is 12.2 Å². The van der Waals surface area contributed by atoms with Crippen LogP contribution in [-0.2, 0) is 9.59 Å². The van der Waals surface area contributed by atoms with E-state index in [0.29, 0.717) is 0 Å². The predicted molar refractivity (Wildman–Crippen MR) is 55.3 cm³/mol. The third-order valence-corrected chi connectivity index (χ3v) is 2.99. The maximum atomic E-state index is 11.1. The van der Waals surface area contributed by atoms with Crippen LogP contribution in [0.1, 0.15) is 12.8 Å². The number of carboxylic acid groups (broad SMARTS) is 1. The first-order chi connectivity index (χ1) is 6.68. The Morgan fingerprint density at radius 1 is 1.29 bits per heavy atom. The van der Waals surface area contributed by atoms with E-state index in [-0.39, 0.29) is 11.9 Å². The fraction of sp³-hybridized carbons (Fsp3) is 0.556. The summed E-state index contributed by atoms with van der Waals surface area (Å²) in [7, 11) is 0. The van der Waals surface area contributed by atoms with E-state index in [9.17, 15) is 9.59 Å². The first-order valence-corrected chi connectivity index (χ1v) is 5.63. The number of thioether (sulfide) groups is 1. The van der Waals surface area contributed by atoms with Crippen molar-refractivity contribution in [2.24, 2.45) is 0 Å². The molecule has 1 heterocycles. The van der Waals surface area contributed by atoms with Crippen molar-refractivity contribution in [2.75, 3.05) is 11.5 Å². The van der Waals surface area contributed by atoms with Crippen LogP contribution in [0, 0.1) is 0 Å². The van der Waals surface area contributed by atoms with Gasteiger partial charge in [-0.15, -0.1) is 0 Å². The Bertz CT molecular complexity index is 246. The SMILES string of the molecule is O=C(O)/C=C/C(=O)NC1CCSCC1. The topological polar surface area (TPSA) is 66.4 Å². The number of carbonyl (C=O) groups excluding carboxylic acids is 1. The average Bonchev–Trinajstić information content (AvgIpc) is 2.16. The van der Waals surface area contributed by atoms with E-state index in [4.69, 9.17) is 5.11 Å². The van der Waals surface area contributed by atoms with Crippen LogP contribution < -0.4 is 5.32 Å². The summed E-state index contributed by atoms with van der Waals surface area (Å²) in [6.45, 7) is 0. The number of amides is 1. The summed E-state index contributed by atoms with van der Waals surface area (Å²) in [4.78, 5) is 21.3. The second-order valence-electron chi connectivity index (χ2n) is 3.07. The fourth-order valence-electron chi connectivity index (χ4n) is 1.24. The van der Waals surface area contributed by atoms with Crippen molar-refractivity contribution in [2.45, 2.75) is 18.9 Å². The Balaban J connectivity index is 2.28. The van der Waals surface area contributed by atoms with Gasteiger partial charge in [0.1, 0.15) is 0 Å². The van der Waals surface area contributed by atoms with E-state index >= 15 is 0 Å². The molecule has 0 atom stereocenters. The van der Waals surface area contributed by atoms with Gasteiger partial charge in [-0.05, 0) is 24.3 Å². The second-order valence-corrected chi connectivity index (χ2v) is 4.29. The standard InChI is InChI=1S/C9H13NO3S/c11-8(1-2-9(12)13)10-7-3-5-14-6-4-7/h1-2,7H,3-6H2,(H,10,11)(H,12,13)/b2-1+. The first-order valence-electron chi connectivity index (χ1n) is 4.48. The molecule has 1 rings (SSSR count). The Morgan fingerprint density at radius 3 is 2.50 bits per heavy atom. The highest BCUT2D eigenvalue weighted by molar-refractivity contribution is 7.99. The Hall–Kier alpha value is -0.970. The maximum Gasteiger partial charge on any atom is 0.328 e. The van der Waals surface area contributed by atoms with Crippen molar-refractivity contribution in [3.05, 3.63) is 12.2 Å². The van der Waals surface area contributed by atoms with Crippen LogP contribution in [-0.4, -0.2) is 34.5 Å². The van der Waals surface area contributed by atoms with Crippen LogP contribution >= 0.6 is 11.8 Å². The minimum Gasteiger partial charge on any atom is -0.478 e. The number of carboxylic acids is 1. The largest absolute Gasteiger partial charge is 0.478 e. The Kier molecular flexibility index (Phi) is 4.52. The molecular formula is C9H13NO3S. The molecule has 0 aromatic rings. The number of aliphatic carboxylic acids is 1. The minimum atomic E-state index is -1.10. The summed E-state index contributed by atoms with van der Waals surface area (Å²) in [6.07, 6.45) is 3.85. The predicted octanol–water partition coefficient (Wildman–Crippen LogP) is 0.639. The van der Waals surface area contributed by atoms with Gasteiger partial charge in [-0.25, -0.2) is 4.79 Å². The molecule has 0 aliphatic carbocycles. The summed E-state index contributed by atoms with van der Waals surface area (Å²) < 4.78 is 0. The Labute approximate surface area is 86.8 Å². The van der Waals surface area contributed by atoms with E-state index in [2.05, 4.69) is 5.32 Å². The number of hydrogen-bond donors (Lipinski definition) is 2. The van der Waals surface area contributed by atoms with Crippen LogP contribution in [0.2, 0.25) is 0 Å². The molecule has 4 nitrogen and oxygen atoms in total. The van der Waals surface area contributed by atoms with Gasteiger partial charge in [0.15, 0.2) is 0 Å². The molecule has 0 saturated carbocycles. The fourth-order valence-corrected chi connectivity index (χ4v) is 2.34. The lowest BCUT2D eigenvalue weighted by Gasteiger charge is -2.21. The molecule has 1 aliphatic rings. The molecule has 0 aromatic heterocycles. The third kappa shape index (κ3) is 4.32. The number of nitrogens with one attached hydrogen (secondary N) is 1. The molecule has 0 bridgehead atoms. The van der Waals surface area contributed by atoms with Gasteiger partial charge < -0.3 is 10.4 Å². The van der Waals surface area contributed by atoms with Gasteiger partial charge in [0.2, 0.25) is 5.91 Å². The smallest absolute Gasteiger partial charge is 0.328 e. The summed E-state index contributed by atoms with van der Waals surface area (Å²) in [5, 5.41) is 11.1. The zero-order valence-corrected chi connectivity index (χ0v) is 8.55. The van der Waals surface area contributed by atoms with Crippen molar-refractivity contribution in [3.8, 4) is 0 Å². The lowest BCUT2D eigenvalue weighted by molar-refractivity contribution is -0.131. The van der Waals surface area contributed by atoms with Crippen molar-refractivity contribution in [1.29, 1.82) is 0 Å². The number of carbonyl (C=O) groups is 2. The van der Waals surface area contributed by atoms with Gasteiger partial charge in [-0.1, -0.05) is 0 Å². The average molecular weight is 215 g/mol. The van der Waals surface area contributed by atoms with Crippen molar-refractivity contribution < 1.29 is 14.7 Å².